The highest BCUT2D eigenvalue weighted by molar-refractivity contribution is 5.99. The number of alkyl halides is 2. The van der Waals surface area contributed by atoms with E-state index in [4.69, 9.17) is 0 Å². The van der Waals surface area contributed by atoms with Crippen molar-refractivity contribution in [2.24, 2.45) is 0 Å². The minimum absolute atomic E-state index is 0.00646. The van der Waals surface area contributed by atoms with Gasteiger partial charge in [-0.05, 0) is 49.4 Å². The van der Waals surface area contributed by atoms with E-state index in [0.717, 1.165) is 5.56 Å². The van der Waals surface area contributed by atoms with Crippen molar-refractivity contribution in [3.8, 4) is 0 Å². The molecule has 1 fully saturated rings. The lowest BCUT2D eigenvalue weighted by Gasteiger charge is -2.41. The number of fused-ring (bicyclic) bond motifs is 1. The molecule has 0 spiro atoms. The molecule has 2 amide bonds. The number of carbonyl (C=O) groups excluding carboxylic acids is 2. The molecule has 1 aliphatic carbocycles. The molecule has 0 radical (unpaired) electrons. The van der Waals surface area contributed by atoms with Crippen LogP contribution in [0.15, 0.2) is 18.2 Å². The number of benzene rings is 1. The number of halogens is 2. The van der Waals surface area contributed by atoms with Gasteiger partial charge < -0.3 is 15.3 Å². The van der Waals surface area contributed by atoms with Gasteiger partial charge >= 0.3 is 5.92 Å². The zero-order valence-electron chi connectivity index (χ0n) is 12.7. The Hall–Kier alpha value is -2.02. The highest BCUT2D eigenvalue weighted by Crippen LogP contribution is 2.44. The Labute approximate surface area is 132 Å². The molecule has 0 atom stereocenters. The molecule has 1 aliphatic heterocycles. The average Bonchev–Trinajstić information content (AvgIpc) is 2.48. The number of nitrogens with zero attached hydrogens (tertiary/aromatic N) is 1. The van der Waals surface area contributed by atoms with Gasteiger partial charge in [-0.2, -0.15) is 8.78 Å². The Balaban J connectivity index is 1.79. The number of carbonyl (C=O) groups is 2. The SMILES string of the molecule is CN1C(=O)CCc2cc(NC(=O)C(F)(F)C3(O)CCC3)ccc21. The smallest absolute Gasteiger partial charge is 0.352 e. The predicted octanol–water partition coefficient (Wildman–Crippen LogP) is 2.08. The molecule has 1 aromatic rings. The van der Waals surface area contributed by atoms with Crippen molar-refractivity contribution < 1.29 is 23.5 Å². The van der Waals surface area contributed by atoms with E-state index in [1.807, 2.05) is 0 Å². The predicted molar refractivity (Wildman–Crippen MR) is 80.6 cm³/mol. The van der Waals surface area contributed by atoms with Crippen LogP contribution in [0, 0.1) is 0 Å². The van der Waals surface area contributed by atoms with Crippen LogP contribution >= 0.6 is 0 Å². The molecule has 5 nitrogen and oxygen atoms in total. The quantitative estimate of drug-likeness (QED) is 0.894. The fourth-order valence-corrected chi connectivity index (χ4v) is 2.98. The Bertz CT molecular complexity index is 671. The van der Waals surface area contributed by atoms with Crippen LogP contribution in [-0.4, -0.2) is 35.5 Å². The minimum Gasteiger partial charge on any atom is -0.383 e. The highest BCUT2D eigenvalue weighted by atomic mass is 19.3. The molecule has 0 unspecified atom stereocenters. The van der Waals surface area contributed by atoms with E-state index in [2.05, 4.69) is 5.32 Å². The van der Waals surface area contributed by atoms with Crippen molar-refractivity contribution in [1.82, 2.24) is 0 Å². The van der Waals surface area contributed by atoms with Gasteiger partial charge in [0, 0.05) is 24.8 Å². The van der Waals surface area contributed by atoms with Gasteiger partial charge in [0.05, 0.1) is 0 Å². The van der Waals surface area contributed by atoms with Gasteiger partial charge in [-0.25, -0.2) is 0 Å². The Morgan fingerprint density at radius 1 is 1.35 bits per heavy atom. The second-order valence-corrected chi connectivity index (χ2v) is 6.21. The molecular weight excluding hydrogens is 306 g/mol. The minimum atomic E-state index is -3.83. The molecule has 1 aromatic carbocycles. The first-order valence-corrected chi connectivity index (χ1v) is 7.56. The van der Waals surface area contributed by atoms with Crippen molar-refractivity contribution in [3.05, 3.63) is 23.8 Å². The van der Waals surface area contributed by atoms with E-state index in [9.17, 15) is 23.5 Å². The summed E-state index contributed by atoms with van der Waals surface area (Å²) < 4.78 is 28.1. The molecule has 1 heterocycles. The molecule has 3 rings (SSSR count). The summed E-state index contributed by atoms with van der Waals surface area (Å²) in [6.07, 6.45) is 1.17. The first-order valence-electron chi connectivity index (χ1n) is 7.56. The van der Waals surface area contributed by atoms with Crippen LogP contribution in [0.4, 0.5) is 20.2 Å². The van der Waals surface area contributed by atoms with Crippen molar-refractivity contribution in [2.75, 3.05) is 17.3 Å². The third kappa shape index (κ3) is 2.49. The van der Waals surface area contributed by atoms with E-state index >= 15 is 0 Å². The average molecular weight is 324 g/mol. The van der Waals surface area contributed by atoms with Crippen LogP contribution in [0.5, 0.6) is 0 Å². The van der Waals surface area contributed by atoms with Gasteiger partial charge in [0.15, 0.2) is 0 Å². The monoisotopic (exact) mass is 324 g/mol. The Morgan fingerprint density at radius 3 is 2.65 bits per heavy atom. The molecule has 124 valence electrons. The Morgan fingerprint density at radius 2 is 2.04 bits per heavy atom. The molecule has 0 saturated heterocycles. The lowest BCUT2D eigenvalue weighted by molar-refractivity contribution is -0.212. The molecule has 2 N–H and O–H groups in total. The number of amides is 2. The summed E-state index contributed by atoms with van der Waals surface area (Å²) in [5.41, 5.74) is -0.476. The number of aliphatic hydroxyl groups is 1. The number of hydrogen-bond acceptors (Lipinski definition) is 3. The van der Waals surface area contributed by atoms with Crippen LogP contribution < -0.4 is 10.2 Å². The van der Waals surface area contributed by atoms with Crippen LogP contribution in [-0.2, 0) is 16.0 Å². The maximum atomic E-state index is 14.1. The number of nitrogens with one attached hydrogen (secondary N) is 1. The van der Waals surface area contributed by atoms with E-state index in [1.54, 1.807) is 19.2 Å². The van der Waals surface area contributed by atoms with Crippen molar-refractivity contribution in [1.29, 1.82) is 0 Å². The fourth-order valence-electron chi connectivity index (χ4n) is 2.98. The first kappa shape index (κ1) is 15.9. The van der Waals surface area contributed by atoms with Gasteiger partial charge in [0.25, 0.3) is 5.91 Å². The maximum absolute atomic E-state index is 14.1. The van der Waals surface area contributed by atoms with Gasteiger partial charge in [0.2, 0.25) is 5.91 Å². The van der Waals surface area contributed by atoms with Crippen molar-refractivity contribution in [3.63, 3.8) is 0 Å². The van der Waals surface area contributed by atoms with Crippen molar-refractivity contribution in [2.45, 2.75) is 43.6 Å². The van der Waals surface area contributed by atoms with Gasteiger partial charge in [-0.15, -0.1) is 0 Å². The standard InChI is InChI=1S/C16H18F2N2O3/c1-20-12-5-4-11(9-10(12)3-6-13(20)21)19-14(22)16(17,18)15(23)7-2-8-15/h4-5,9,23H,2-3,6-8H2,1H3,(H,19,22). The summed E-state index contributed by atoms with van der Waals surface area (Å²) in [4.78, 5) is 25.0. The number of anilines is 2. The third-order valence-corrected chi connectivity index (χ3v) is 4.73. The van der Waals surface area contributed by atoms with Gasteiger partial charge in [-0.1, -0.05) is 0 Å². The molecule has 1 saturated carbocycles. The molecule has 0 aromatic heterocycles. The number of rotatable bonds is 3. The third-order valence-electron chi connectivity index (χ3n) is 4.73. The topological polar surface area (TPSA) is 69.6 Å². The van der Waals surface area contributed by atoms with E-state index in [1.165, 1.54) is 11.0 Å². The largest absolute Gasteiger partial charge is 0.383 e. The fraction of sp³-hybridized carbons (Fsp3) is 0.500. The maximum Gasteiger partial charge on any atom is 0.352 e. The van der Waals surface area contributed by atoms with E-state index in [-0.39, 0.29) is 24.4 Å². The van der Waals surface area contributed by atoms with Crippen LogP contribution in [0.25, 0.3) is 0 Å². The highest BCUT2D eigenvalue weighted by Gasteiger charge is 2.61. The first-order chi connectivity index (χ1) is 10.7. The van der Waals surface area contributed by atoms with E-state index in [0.29, 0.717) is 24.9 Å². The van der Waals surface area contributed by atoms with Gasteiger partial charge in [-0.3, -0.25) is 9.59 Å². The number of aryl methyl sites for hydroxylation is 1. The zero-order chi connectivity index (χ0) is 16.8. The summed E-state index contributed by atoms with van der Waals surface area (Å²) in [5, 5.41) is 12.0. The summed E-state index contributed by atoms with van der Waals surface area (Å²) in [6.45, 7) is 0. The normalized spacial score (nSPS) is 19.8. The summed E-state index contributed by atoms with van der Waals surface area (Å²) in [6, 6.07) is 4.70. The molecule has 0 bridgehead atoms. The second kappa shape index (κ2) is 5.26. The summed E-state index contributed by atoms with van der Waals surface area (Å²) in [7, 11) is 1.65. The van der Waals surface area contributed by atoms with Gasteiger partial charge in [0.1, 0.15) is 5.60 Å². The molecule has 7 heteroatoms. The van der Waals surface area contributed by atoms with Crippen LogP contribution in [0.1, 0.15) is 31.2 Å². The second-order valence-electron chi connectivity index (χ2n) is 6.21. The number of hydrogen-bond donors (Lipinski definition) is 2. The zero-order valence-corrected chi connectivity index (χ0v) is 12.7. The molecule has 23 heavy (non-hydrogen) atoms. The lowest BCUT2D eigenvalue weighted by atomic mass is 9.75. The van der Waals surface area contributed by atoms with Crippen LogP contribution in [0.3, 0.4) is 0 Å². The summed E-state index contributed by atoms with van der Waals surface area (Å²) in [5.74, 6) is -5.33. The van der Waals surface area contributed by atoms with Crippen LogP contribution in [0.2, 0.25) is 0 Å². The summed E-state index contributed by atoms with van der Waals surface area (Å²) >= 11 is 0. The molecular formula is C16H18F2N2O3. The lowest BCUT2D eigenvalue weighted by Crippen LogP contribution is -2.59. The van der Waals surface area contributed by atoms with Crippen molar-refractivity contribution >= 4 is 23.2 Å². The molecule has 2 aliphatic rings. The Kier molecular flexibility index (Phi) is 3.63. The van der Waals surface area contributed by atoms with E-state index < -0.39 is 17.4 Å².